The molecule has 0 spiro atoms. The van der Waals surface area contributed by atoms with Crippen LogP contribution in [0.15, 0.2) is 59.3 Å². The smallest absolute Gasteiger partial charge is 0.167 e. The third kappa shape index (κ3) is 2.00. The Balaban J connectivity index is 1.78. The fourth-order valence-corrected chi connectivity index (χ4v) is 2.96. The van der Waals surface area contributed by atoms with Crippen LogP contribution in [-0.4, -0.2) is 15.6 Å². The van der Waals surface area contributed by atoms with E-state index in [0.717, 1.165) is 29.1 Å². The molecule has 0 saturated carbocycles. The topological polar surface area (TPSA) is 48.0 Å². The van der Waals surface area contributed by atoms with Gasteiger partial charge in [-0.15, -0.1) is 0 Å². The minimum absolute atomic E-state index is 0.0964. The van der Waals surface area contributed by atoms with E-state index in [4.69, 9.17) is 4.42 Å². The molecule has 1 aliphatic rings. The Kier molecular flexibility index (Phi) is 2.74. The zero-order valence-electron chi connectivity index (χ0n) is 11.4. The number of rotatable bonds is 2. The van der Waals surface area contributed by atoms with Crippen molar-refractivity contribution in [3.63, 3.8) is 0 Å². The SMILES string of the molecule is O=C1CC(c2ccco2)Cc2c1cnn2-c1ccccc1. The number of para-hydroxylation sites is 1. The number of carbonyl (C=O) groups excluding carboxylic acids is 1. The van der Waals surface area contributed by atoms with Crippen molar-refractivity contribution < 1.29 is 9.21 Å². The van der Waals surface area contributed by atoms with Crippen LogP contribution in [0.4, 0.5) is 0 Å². The van der Waals surface area contributed by atoms with Gasteiger partial charge in [0.05, 0.1) is 29.4 Å². The van der Waals surface area contributed by atoms with Gasteiger partial charge in [0.25, 0.3) is 0 Å². The molecule has 1 unspecified atom stereocenters. The largest absolute Gasteiger partial charge is 0.469 e. The maximum Gasteiger partial charge on any atom is 0.167 e. The number of hydrogen-bond acceptors (Lipinski definition) is 3. The Hall–Kier alpha value is -2.62. The van der Waals surface area contributed by atoms with Crippen LogP contribution in [0.2, 0.25) is 0 Å². The molecule has 2 heterocycles. The molecule has 0 bridgehead atoms. The summed E-state index contributed by atoms with van der Waals surface area (Å²) in [7, 11) is 0. The molecule has 0 aliphatic heterocycles. The zero-order chi connectivity index (χ0) is 14.2. The molecule has 0 amide bonds. The van der Waals surface area contributed by atoms with E-state index < -0.39 is 0 Å². The average molecular weight is 278 g/mol. The van der Waals surface area contributed by atoms with Gasteiger partial charge in [0.1, 0.15) is 5.76 Å². The van der Waals surface area contributed by atoms with E-state index in [1.54, 1.807) is 12.5 Å². The number of aromatic nitrogens is 2. The molecule has 1 aliphatic carbocycles. The third-order valence-corrected chi connectivity index (χ3v) is 3.99. The van der Waals surface area contributed by atoms with Crippen molar-refractivity contribution in [2.24, 2.45) is 0 Å². The molecule has 0 radical (unpaired) electrons. The molecule has 3 aromatic rings. The average Bonchev–Trinajstić information content (AvgIpc) is 3.18. The van der Waals surface area contributed by atoms with Gasteiger partial charge in [0.15, 0.2) is 5.78 Å². The molecule has 0 saturated heterocycles. The summed E-state index contributed by atoms with van der Waals surface area (Å²) in [5, 5.41) is 4.40. The predicted octanol–water partition coefficient (Wildman–Crippen LogP) is 3.38. The summed E-state index contributed by atoms with van der Waals surface area (Å²) >= 11 is 0. The second-order valence-corrected chi connectivity index (χ2v) is 5.30. The van der Waals surface area contributed by atoms with Crippen LogP contribution in [0.1, 0.15) is 34.2 Å². The van der Waals surface area contributed by atoms with E-state index in [1.807, 2.05) is 47.1 Å². The van der Waals surface area contributed by atoms with Crippen LogP contribution in [0, 0.1) is 0 Å². The molecular weight excluding hydrogens is 264 g/mol. The van der Waals surface area contributed by atoms with Crippen molar-refractivity contribution in [3.8, 4) is 5.69 Å². The second-order valence-electron chi connectivity index (χ2n) is 5.30. The first-order valence-electron chi connectivity index (χ1n) is 7.02. The second kappa shape index (κ2) is 4.74. The summed E-state index contributed by atoms with van der Waals surface area (Å²) in [6.45, 7) is 0. The number of hydrogen-bond donors (Lipinski definition) is 0. The number of Topliss-reactive ketones (excluding diaryl/α,β-unsaturated/α-hetero) is 1. The van der Waals surface area contributed by atoms with Crippen molar-refractivity contribution in [2.45, 2.75) is 18.8 Å². The van der Waals surface area contributed by atoms with Gasteiger partial charge in [0.2, 0.25) is 0 Å². The van der Waals surface area contributed by atoms with Crippen molar-refractivity contribution in [2.75, 3.05) is 0 Å². The lowest BCUT2D eigenvalue weighted by atomic mass is 9.85. The van der Waals surface area contributed by atoms with Crippen LogP contribution < -0.4 is 0 Å². The lowest BCUT2D eigenvalue weighted by Crippen LogP contribution is -2.19. The first-order chi connectivity index (χ1) is 10.3. The standard InChI is InChI=1S/C17H14N2O2/c20-16-10-12(17-7-4-8-21-17)9-15-14(16)11-18-19(15)13-5-2-1-3-6-13/h1-8,11-12H,9-10H2. The van der Waals surface area contributed by atoms with Gasteiger partial charge in [-0.25, -0.2) is 4.68 Å². The summed E-state index contributed by atoms with van der Waals surface area (Å²) in [6, 6.07) is 13.7. The van der Waals surface area contributed by atoms with Crippen molar-refractivity contribution in [1.29, 1.82) is 0 Å². The van der Waals surface area contributed by atoms with Crippen molar-refractivity contribution in [1.82, 2.24) is 9.78 Å². The van der Waals surface area contributed by atoms with Gasteiger partial charge < -0.3 is 4.42 Å². The monoisotopic (exact) mass is 278 g/mol. The minimum atomic E-state index is 0.0964. The molecule has 1 atom stereocenters. The quantitative estimate of drug-likeness (QED) is 0.722. The van der Waals surface area contributed by atoms with E-state index in [2.05, 4.69) is 5.10 Å². The molecule has 0 N–H and O–H groups in total. The van der Waals surface area contributed by atoms with Gasteiger partial charge in [0, 0.05) is 18.8 Å². The number of nitrogens with zero attached hydrogens (tertiary/aromatic N) is 2. The van der Waals surface area contributed by atoms with Gasteiger partial charge in [-0.3, -0.25) is 4.79 Å². The molecule has 4 nitrogen and oxygen atoms in total. The highest BCUT2D eigenvalue weighted by atomic mass is 16.3. The maximum absolute atomic E-state index is 12.3. The summed E-state index contributed by atoms with van der Waals surface area (Å²) in [4.78, 5) is 12.3. The summed E-state index contributed by atoms with van der Waals surface area (Å²) in [5.41, 5.74) is 2.69. The van der Waals surface area contributed by atoms with Gasteiger partial charge >= 0.3 is 0 Å². The summed E-state index contributed by atoms with van der Waals surface area (Å²) in [5.74, 6) is 1.11. The maximum atomic E-state index is 12.3. The van der Waals surface area contributed by atoms with E-state index >= 15 is 0 Å². The fraction of sp³-hybridized carbons (Fsp3) is 0.176. The Morgan fingerprint density at radius 3 is 2.71 bits per heavy atom. The normalized spacial score (nSPS) is 17.7. The van der Waals surface area contributed by atoms with E-state index in [-0.39, 0.29) is 11.7 Å². The Morgan fingerprint density at radius 2 is 1.95 bits per heavy atom. The molecule has 4 rings (SSSR count). The number of benzene rings is 1. The van der Waals surface area contributed by atoms with Gasteiger partial charge in [-0.2, -0.15) is 5.10 Å². The van der Waals surface area contributed by atoms with Gasteiger partial charge in [-0.1, -0.05) is 18.2 Å². The zero-order valence-corrected chi connectivity index (χ0v) is 11.4. The van der Waals surface area contributed by atoms with Gasteiger partial charge in [-0.05, 0) is 24.3 Å². The van der Waals surface area contributed by atoms with Crippen LogP contribution in [0.5, 0.6) is 0 Å². The van der Waals surface area contributed by atoms with Crippen LogP contribution in [0.3, 0.4) is 0 Å². The fourth-order valence-electron chi connectivity index (χ4n) is 2.96. The minimum Gasteiger partial charge on any atom is -0.469 e. The highest BCUT2D eigenvalue weighted by Gasteiger charge is 2.31. The lowest BCUT2D eigenvalue weighted by molar-refractivity contribution is 0.0959. The Morgan fingerprint density at radius 1 is 1.10 bits per heavy atom. The van der Waals surface area contributed by atoms with E-state index in [1.165, 1.54) is 0 Å². The summed E-state index contributed by atoms with van der Waals surface area (Å²) in [6.07, 6.45) is 4.59. The molecule has 21 heavy (non-hydrogen) atoms. The highest BCUT2D eigenvalue weighted by Crippen LogP contribution is 2.33. The molecule has 104 valence electrons. The van der Waals surface area contributed by atoms with Crippen molar-refractivity contribution >= 4 is 5.78 Å². The predicted molar refractivity (Wildman–Crippen MR) is 77.7 cm³/mol. The number of furan rings is 1. The van der Waals surface area contributed by atoms with E-state index in [9.17, 15) is 4.79 Å². The lowest BCUT2D eigenvalue weighted by Gasteiger charge is -2.20. The van der Waals surface area contributed by atoms with E-state index in [0.29, 0.717) is 6.42 Å². The Bertz CT molecular complexity index is 772. The summed E-state index contributed by atoms with van der Waals surface area (Å²) < 4.78 is 7.34. The van der Waals surface area contributed by atoms with Crippen LogP contribution >= 0.6 is 0 Å². The van der Waals surface area contributed by atoms with Crippen molar-refractivity contribution in [3.05, 3.63) is 71.9 Å². The Labute approximate surface area is 122 Å². The highest BCUT2D eigenvalue weighted by molar-refractivity contribution is 5.98. The first-order valence-corrected chi connectivity index (χ1v) is 7.02. The molecular formula is C17H14N2O2. The number of ketones is 1. The first kappa shape index (κ1) is 12.1. The number of carbonyl (C=O) groups is 1. The molecule has 4 heteroatoms. The third-order valence-electron chi connectivity index (χ3n) is 3.99. The van der Waals surface area contributed by atoms with Crippen LogP contribution in [-0.2, 0) is 6.42 Å². The molecule has 0 fully saturated rings. The number of fused-ring (bicyclic) bond motifs is 1. The molecule has 1 aromatic carbocycles. The molecule has 2 aromatic heterocycles. The van der Waals surface area contributed by atoms with Crippen LogP contribution in [0.25, 0.3) is 5.69 Å².